The molecule has 1 fully saturated rings. The summed E-state index contributed by atoms with van der Waals surface area (Å²) < 4.78 is 9.53. The summed E-state index contributed by atoms with van der Waals surface area (Å²) >= 11 is 0. The van der Waals surface area contributed by atoms with Gasteiger partial charge in [-0.05, 0) is 19.4 Å². The maximum absolute atomic E-state index is 11.1. The zero-order valence-corrected chi connectivity index (χ0v) is 13.0. The van der Waals surface area contributed by atoms with Gasteiger partial charge in [0.15, 0.2) is 0 Å². The van der Waals surface area contributed by atoms with Gasteiger partial charge >= 0.3 is 17.9 Å². The number of aliphatic carboxylic acids is 1. The molecule has 0 amide bonds. The van der Waals surface area contributed by atoms with Crippen LogP contribution in [0.4, 0.5) is 0 Å². The first-order valence-corrected chi connectivity index (χ1v) is 6.93. The lowest BCUT2D eigenvalue weighted by atomic mass is 10.2. The third kappa shape index (κ3) is 8.73. The lowest BCUT2D eigenvalue weighted by molar-refractivity contribution is -0.139. The van der Waals surface area contributed by atoms with Gasteiger partial charge in [-0.2, -0.15) is 0 Å². The molecule has 0 aliphatic carbocycles. The summed E-state index contributed by atoms with van der Waals surface area (Å²) in [6.07, 6.45) is 4.45. The minimum atomic E-state index is -1.12. The average molecular weight is 310 g/mol. The number of rotatable bonds is 6. The molecule has 6 nitrogen and oxygen atoms in total. The van der Waals surface area contributed by atoms with Crippen LogP contribution in [0.3, 0.4) is 0 Å². The molecule has 0 radical (unpaired) electrons. The van der Waals surface area contributed by atoms with Gasteiger partial charge in [0.25, 0.3) is 0 Å². The second kappa shape index (κ2) is 10.4. The van der Waals surface area contributed by atoms with Crippen molar-refractivity contribution in [3.05, 3.63) is 36.5 Å². The van der Waals surface area contributed by atoms with Gasteiger partial charge in [0.2, 0.25) is 0 Å². The quantitative estimate of drug-likeness (QED) is 0.351. The summed E-state index contributed by atoms with van der Waals surface area (Å²) in [6, 6.07) is 0. The molecule has 22 heavy (non-hydrogen) atoms. The lowest BCUT2D eigenvalue weighted by Crippen LogP contribution is -2.07. The molecule has 122 valence electrons. The van der Waals surface area contributed by atoms with Gasteiger partial charge in [-0.3, -0.25) is 0 Å². The molecule has 1 atom stereocenters. The van der Waals surface area contributed by atoms with Gasteiger partial charge in [0.05, 0.1) is 12.2 Å². The minimum Gasteiger partial charge on any atom is -0.478 e. The van der Waals surface area contributed by atoms with E-state index in [9.17, 15) is 14.4 Å². The highest BCUT2D eigenvalue weighted by Crippen LogP contribution is 2.16. The van der Waals surface area contributed by atoms with Gasteiger partial charge in [-0.1, -0.05) is 26.5 Å². The summed E-state index contributed by atoms with van der Waals surface area (Å²) in [5.74, 6) is -1.93. The molecule has 1 rings (SSSR count). The first-order valence-electron chi connectivity index (χ1n) is 6.93. The second-order valence-electron chi connectivity index (χ2n) is 4.71. The molecule has 1 unspecified atom stereocenters. The summed E-state index contributed by atoms with van der Waals surface area (Å²) in [6.45, 7) is 11.1. The van der Waals surface area contributed by atoms with Crippen LogP contribution in [0, 0.1) is 0 Å². The fraction of sp³-hybridized carbons (Fsp3) is 0.438. The van der Waals surface area contributed by atoms with E-state index in [1.54, 1.807) is 0 Å². The third-order valence-electron chi connectivity index (χ3n) is 2.55. The van der Waals surface area contributed by atoms with Crippen LogP contribution in [0.15, 0.2) is 36.5 Å². The Hall–Kier alpha value is -2.37. The smallest absolute Gasteiger partial charge is 0.337 e. The van der Waals surface area contributed by atoms with E-state index >= 15 is 0 Å². The number of esters is 2. The highest BCUT2D eigenvalue weighted by atomic mass is 16.5. The van der Waals surface area contributed by atoms with Gasteiger partial charge in [-0.25, -0.2) is 14.4 Å². The van der Waals surface area contributed by atoms with Crippen molar-refractivity contribution >= 4 is 17.9 Å². The molecular formula is C16H22O6. The molecule has 1 aliphatic rings. The Morgan fingerprint density at radius 1 is 1.45 bits per heavy atom. The van der Waals surface area contributed by atoms with Crippen molar-refractivity contribution in [2.24, 2.45) is 0 Å². The number of carboxylic acid groups (broad SMARTS) is 1. The topological polar surface area (TPSA) is 89.9 Å². The Bertz CT molecular complexity index is 459. The molecule has 0 aromatic rings. The molecule has 0 bridgehead atoms. The van der Waals surface area contributed by atoms with Crippen LogP contribution in [0.1, 0.15) is 33.1 Å². The predicted molar refractivity (Wildman–Crippen MR) is 81.1 cm³/mol. The molecule has 0 saturated carbocycles. The highest BCUT2D eigenvalue weighted by molar-refractivity contribution is 5.93. The van der Waals surface area contributed by atoms with Gasteiger partial charge in [-0.15, -0.1) is 0 Å². The molecule has 0 aromatic heterocycles. The van der Waals surface area contributed by atoms with Crippen LogP contribution in [-0.4, -0.2) is 35.7 Å². The number of hydrogen-bond acceptors (Lipinski definition) is 5. The number of ether oxygens (including phenoxy) is 2. The first-order chi connectivity index (χ1) is 10.3. The van der Waals surface area contributed by atoms with Crippen LogP contribution >= 0.6 is 0 Å². The van der Waals surface area contributed by atoms with Crippen molar-refractivity contribution in [2.45, 2.75) is 39.2 Å². The Balaban J connectivity index is 0.000000461. The van der Waals surface area contributed by atoms with Crippen LogP contribution < -0.4 is 0 Å². The van der Waals surface area contributed by atoms with E-state index in [0.717, 1.165) is 25.0 Å². The van der Waals surface area contributed by atoms with Crippen LogP contribution in [0.5, 0.6) is 0 Å². The zero-order valence-electron chi connectivity index (χ0n) is 13.0. The highest BCUT2D eigenvalue weighted by Gasteiger charge is 2.22. The van der Waals surface area contributed by atoms with Gasteiger partial charge in [0.1, 0.15) is 6.10 Å². The van der Waals surface area contributed by atoms with Crippen LogP contribution in [0.25, 0.3) is 0 Å². The Kier molecular flexibility index (Phi) is 9.25. The standard InChI is InChI=1S/C10H14O4.C6H8O2/c1-3-4-7-14-10(13)8(2)5-6-9(11)12;1-4-3-5(2)8-6(4)7/h5-6H,2-4,7H2,1H3,(H,11,12);5H,1,3H2,2H3. The average Bonchev–Trinajstić information content (AvgIpc) is 2.73. The van der Waals surface area contributed by atoms with E-state index < -0.39 is 11.9 Å². The van der Waals surface area contributed by atoms with Gasteiger partial charge < -0.3 is 14.6 Å². The number of unbranched alkanes of at least 4 members (excludes halogenated alkanes) is 1. The van der Waals surface area contributed by atoms with Crippen molar-refractivity contribution in [3.63, 3.8) is 0 Å². The lowest BCUT2D eigenvalue weighted by Gasteiger charge is -2.02. The normalized spacial score (nSPS) is 16.7. The Labute approximate surface area is 130 Å². The van der Waals surface area contributed by atoms with E-state index in [0.29, 0.717) is 18.6 Å². The summed E-state index contributed by atoms with van der Waals surface area (Å²) in [5, 5.41) is 8.28. The van der Waals surface area contributed by atoms with E-state index in [1.807, 2.05) is 13.8 Å². The largest absolute Gasteiger partial charge is 0.478 e. The molecule has 1 aliphatic heterocycles. The Morgan fingerprint density at radius 3 is 2.45 bits per heavy atom. The molecule has 1 saturated heterocycles. The van der Waals surface area contributed by atoms with E-state index in [-0.39, 0.29) is 17.6 Å². The second-order valence-corrected chi connectivity index (χ2v) is 4.71. The van der Waals surface area contributed by atoms with E-state index in [1.165, 1.54) is 0 Å². The number of carbonyl (C=O) groups excluding carboxylic acids is 2. The molecule has 1 heterocycles. The molecule has 6 heteroatoms. The fourth-order valence-corrected chi connectivity index (χ4v) is 1.38. The maximum atomic E-state index is 11.1. The summed E-state index contributed by atoms with van der Waals surface area (Å²) in [4.78, 5) is 31.6. The fourth-order valence-electron chi connectivity index (χ4n) is 1.38. The van der Waals surface area contributed by atoms with E-state index in [2.05, 4.69) is 13.2 Å². The van der Waals surface area contributed by atoms with Crippen LogP contribution in [-0.2, 0) is 23.9 Å². The number of carboxylic acids is 1. The van der Waals surface area contributed by atoms with Crippen molar-refractivity contribution in [3.8, 4) is 0 Å². The molecule has 0 spiro atoms. The van der Waals surface area contributed by atoms with E-state index in [4.69, 9.17) is 14.6 Å². The van der Waals surface area contributed by atoms with Crippen molar-refractivity contribution < 1.29 is 29.0 Å². The van der Waals surface area contributed by atoms with Gasteiger partial charge in [0, 0.05) is 18.1 Å². The first kappa shape index (κ1) is 19.6. The molecular weight excluding hydrogens is 288 g/mol. The monoisotopic (exact) mass is 310 g/mol. The van der Waals surface area contributed by atoms with Crippen LogP contribution in [0.2, 0.25) is 0 Å². The summed E-state index contributed by atoms with van der Waals surface area (Å²) in [7, 11) is 0. The van der Waals surface area contributed by atoms with Crippen molar-refractivity contribution in [2.75, 3.05) is 6.61 Å². The van der Waals surface area contributed by atoms with Crippen molar-refractivity contribution in [1.29, 1.82) is 0 Å². The SMILES string of the molecule is C=C(C=CC(=O)O)C(=O)OCCCC.C=C1CC(C)OC1=O. The predicted octanol–water partition coefficient (Wildman–Crippen LogP) is 2.40. The minimum absolute atomic E-state index is 0.0449. The molecule has 1 N–H and O–H groups in total. The maximum Gasteiger partial charge on any atom is 0.337 e. The Morgan fingerprint density at radius 2 is 2.09 bits per heavy atom. The third-order valence-corrected chi connectivity index (χ3v) is 2.55. The number of hydrogen-bond donors (Lipinski definition) is 1. The summed E-state index contributed by atoms with van der Waals surface area (Å²) in [5.41, 5.74) is 0.640. The zero-order chi connectivity index (χ0) is 17.1. The van der Waals surface area contributed by atoms with Crippen molar-refractivity contribution in [1.82, 2.24) is 0 Å². The number of carbonyl (C=O) groups is 3. The molecule has 0 aromatic carbocycles. The number of cyclic esters (lactones) is 1.